The number of amides is 1. The molecule has 0 fully saturated rings. The second-order valence-electron chi connectivity index (χ2n) is 2.71. The zero-order valence-electron chi connectivity index (χ0n) is 6.02. The zero-order valence-corrected chi connectivity index (χ0v) is 6.02. The summed E-state index contributed by atoms with van der Waals surface area (Å²) in [6.45, 7) is 0. The number of allylic oxidation sites excluding steroid dienone is 1. The van der Waals surface area contributed by atoms with Gasteiger partial charge in [0.15, 0.2) is 0 Å². The lowest BCUT2D eigenvalue weighted by Crippen LogP contribution is -2.01. The van der Waals surface area contributed by atoms with Crippen molar-refractivity contribution in [2.75, 3.05) is 0 Å². The van der Waals surface area contributed by atoms with Crippen LogP contribution in [0.15, 0.2) is 11.6 Å². The van der Waals surface area contributed by atoms with Gasteiger partial charge < -0.3 is 0 Å². The fourth-order valence-electron chi connectivity index (χ4n) is 1.27. The molecule has 10 heavy (non-hydrogen) atoms. The third-order valence-corrected chi connectivity index (χ3v) is 1.77. The van der Waals surface area contributed by atoms with Crippen LogP contribution in [-0.4, -0.2) is 5.91 Å². The lowest BCUT2D eigenvalue weighted by molar-refractivity contribution is -0.118. The third-order valence-electron chi connectivity index (χ3n) is 1.77. The van der Waals surface area contributed by atoms with Crippen molar-refractivity contribution in [3.8, 4) is 0 Å². The third kappa shape index (κ3) is 2.21. The van der Waals surface area contributed by atoms with E-state index in [2.05, 4.69) is 6.08 Å². The molecule has 0 aliphatic heterocycles. The highest BCUT2D eigenvalue weighted by Crippen LogP contribution is 2.19. The molecule has 0 heterocycles. The van der Waals surface area contributed by atoms with E-state index in [9.17, 15) is 4.79 Å². The molecule has 0 aromatic heterocycles. The van der Waals surface area contributed by atoms with Crippen LogP contribution in [-0.2, 0) is 4.79 Å². The van der Waals surface area contributed by atoms with Crippen LogP contribution < -0.4 is 5.73 Å². The van der Waals surface area contributed by atoms with Crippen LogP contribution in [0.5, 0.6) is 0 Å². The molecule has 0 saturated carbocycles. The van der Waals surface area contributed by atoms with E-state index >= 15 is 0 Å². The number of rotatable bonds is 2. The molecule has 0 spiro atoms. The summed E-state index contributed by atoms with van der Waals surface area (Å²) < 4.78 is 0. The highest BCUT2D eigenvalue weighted by molar-refractivity contribution is 5.75. The van der Waals surface area contributed by atoms with Gasteiger partial charge in [0.25, 0.3) is 0 Å². The predicted octanol–water partition coefficient (Wildman–Crippen LogP) is 1.69. The molecular formula is C8H12NO. The fourth-order valence-corrected chi connectivity index (χ4v) is 1.27. The smallest absolute Gasteiger partial charge is 0.242 e. The van der Waals surface area contributed by atoms with Crippen LogP contribution in [0.2, 0.25) is 0 Å². The Morgan fingerprint density at radius 2 is 2.40 bits per heavy atom. The molecule has 0 saturated heterocycles. The van der Waals surface area contributed by atoms with Crippen molar-refractivity contribution in [2.24, 2.45) is 0 Å². The topological polar surface area (TPSA) is 40.9 Å². The summed E-state index contributed by atoms with van der Waals surface area (Å²) >= 11 is 0. The van der Waals surface area contributed by atoms with Crippen LogP contribution in [0.3, 0.4) is 0 Å². The van der Waals surface area contributed by atoms with Crippen molar-refractivity contribution in [2.45, 2.75) is 32.1 Å². The van der Waals surface area contributed by atoms with E-state index in [1.54, 1.807) is 0 Å². The Bertz CT molecular complexity index is 161. The van der Waals surface area contributed by atoms with Gasteiger partial charge in [0.2, 0.25) is 5.91 Å². The highest BCUT2D eigenvalue weighted by atomic mass is 16.1. The second-order valence-corrected chi connectivity index (χ2v) is 2.71. The first-order valence-electron chi connectivity index (χ1n) is 3.71. The summed E-state index contributed by atoms with van der Waals surface area (Å²) in [5.41, 5.74) is 7.91. The first-order chi connectivity index (χ1) is 4.79. The SMILES string of the molecule is [NH]C(=O)CC1=CCCCC1. The van der Waals surface area contributed by atoms with Crippen LogP contribution in [0, 0.1) is 0 Å². The Morgan fingerprint density at radius 3 is 2.90 bits per heavy atom. The van der Waals surface area contributed by atoms with Gasteiger partial charge in [-0.15, -0.1) is 0 Å². The molecule has 55 valence electrons. The summed E-state index contributed by atoms with van der Waals surface area (Å²) in [6, 6.07) is 0. The number of carbonyl (C=O) groups excluding carboxylic acids is 1. The van der Waals surface area contributed by atoms with Crippen LogP contribution in [0.4, 0.5) is 0 Å². The minimum Gasteiger partial charge on any atom is -0.273 e. The van der Waals surface area contributed by atoms with Gasteiger partial charge in [-0.1, -0.05) is 11.6 Å². The van der Waals surface area contributed by atoms with Gasteiger partial charge in [-0.25, -0.2) is 0 Å². The van der Waals surface area contributed by atoms with E-state index in [-0.39, 0.29) is 0 Å². The van der Waals surface area contributed by atoms with Crippen molar-refractivity contribution in [3.63, 3.8) is 0 Å². The maximum absolute atomic E-state index is 10.3. The van der Waals surface area contributed by atoms with E-state index in [0.717, 1.165) is 12.8 Å². The van der Waals surface area contributed by atoms with Gasteiger partial charge in [0, 0.05) is 6.42 Å². The summed E-state index contributed by atoms with van der Waals surface area (Å²) in [5.74, 6) is -0.451. The van der Waals surface area contributed by atoms with E-state index in [1.165, 1.54) is 18.4 Å². The van der Waals surface area contributed by atoms with Crippen molar-refractivity contribution in [1.29, 1.82) is 0 Å². The van der Waals surface area contributed by atoms with Gasteiger partial charge in [-0.3, -0.25) is 10.5 Å². The van der Waals surface area contributed by atoms with Crippen molar-refractivity contribution in [1.82, 2.24) is 5.73 Å². The average molecular weight is 138 g/mol. The zero-order chi connectivity index (χ0) is 7.40. The lowest BCUT2D eigenvalue weighted by atomic mass is 9.97. The van der Waals surface area contributed by atoms with Gasteiger partial charge >= 0.3 is 0 Å². The van der Waals surface area contributed by atoms with E-state index in [1.807, 2.05) is 0 Å². The quantitative estimate of drug-likeness (QED) is 0.535. The molecule has 1 amide bonds. The van der Waals surface area contributed by atoms with Crippen molar-refractivity contribution >= 4 is 5.91 Å². The molecule has 0 aromatic rings. The maximum Gasteiger partial charge on any atom is 0.242 e. The summed E-state index contributed by atoms with van der Waals surface area (Å²) in [7, 11) is 0. The molecule has 1 radical (unpaired) electrons. The molecule has 0 atom stereocenters. The Hall–Kier alpha value is -0.790. The molecule has 2 nitrogen and oxygen atoms in total. The van der Waals surface area contributed by atoms with Gasteiger partial charge in [0.05, 0.1) is 0 Å². The molecule has 0 bridgehead atoms. The Labute approximate surface area is 61.1 Å². The standard InChI is InChI=1S/C8H12NO/c9-8(10)6-7-4-2-1-3-5-7/h4,9H,1-3,5-6H2. The van der Waals surface area contributed by atoms with Gasteiger partial charge in [0.1, 0.15) is 0 Å². The molecule has 1 N–H and O–H groups in total. The van der Waals surface area contributed by atoms with Gasteiger partial charge in [-0.05, 0) is 25.7 Å². The van der Waals surface area contributed by atoms with E-state index in [0.29, 0.717) is 6.42 Å². The Balaban J connectivity index is 2.38. The summed E-state index contributed by atoms with van der Waals surface area (Å²) in [5, 5.41) is 0. The molecule has 0 unspecified atom stereocenters. The summed E-state index contributed by atoms with van der Waals surface area (Å²) in [6.07, 6.45) is 7.04. The predicted molar refractivity (Wildman–Crippen MR) is 39.3 cm³/mol. The number of hydrogen-bond donors (Lipinski definition) is 0. The largest absolute Gasteiger partial charge is 0.273 e. The van der Waals surface area contributed by atoms with E-state index in [4.69, 9.17) is 5.73 Å². The number of hydrogen-bond acceptors (Lipinski definition) is 1. The van der Waals surface area contributed by atoms with Crippen LogP contribution >= 0.6 is 0 Å². The minimum absolute atomic E-state index is 0.361. The average Bonchev–Trinajstić information content (AvgIpc) is 1.88. The minimum atomic E-state index is -0.451. The fraction of sp³-hybridized carbons (Fsp3) is 0.625. The first kappa shape index (κ1) is 7.32. The molecule has 1 rings (SSSR count). The van der Waals surface area contributed by atoms with Crippen LogP contribution in [0.1, 0.15) is 32.1 Å². The second kappa shape index (κ2) is 3.40. The molecular weight excluding hydrogens is 126 g/mol. The van der Waals surface area contributed by atoms with E-state index < -0.39 is 5.91 Å². The maximum atomic E-state index is 10.3. The Kier molecular flexibility index (Phi) is 2.49. The molecule has 0 aromatic carbocycles. The number of carbonyl (C=O) groups is 1. The summed E-state index contributed by atoms with van der Waals surface area (Å²) in [4.78, 5) is 10.3. The monoisotopic (exact) mass is 138 g/mol. The van der Waals surface area contributed by atoms with Crippen molar-refractivity contribution < 1.29 is 4.79 Å². The van der Waals surface area contributed by atoms with Crippen LogP contribution in [0.25, 0.3) is 0 Å². The molecule has 1 aliphatic carbocycles. The Morgan fingerprint density at radius 1 is 1.60 bits per heavy atom. The lowest BCUT2D eigenvalue weighted by Gasteiger charge is -2.09. The molecule has 2 heteroatoms. The first-order valence-corrected chi connectivity index (χ1v) is 3.71. The molecule has 1 aliphatic rings. The normalized spacial score (nSPS) is 18.2. The highest BCUT2D eigenvalue weighted by Gasteiger charge is 2.05. The van der Waals surface area contributed by atoms with Crippen molar-refractivity contribution in [3.05, 3.63) is 11.6 Å². The number of nitrogens with one attached hydrogen (secondary N) is 1. The van der Waals surface area contributed by atoms with Gasteiger partial charge in [-0.2, -0.15) is 0 Å².